The number of nitrogens with zero attached hydrogens (tertiary/aromatic N) is 3. The summed E-state index contributed by atoms with van der Waals surface area (Å²) >= 11 is 0. The molecule has 0 saturated carbocycles. The van der Waals surface area contributed by atoms with Crippen molar-refractivity contribution in [3.8, 4) is 0 Å². The van der Waals surface area contributed by atoms with Crippen molar-refractivity contribution in [2.45, 2.75) is 13.8 Å². The predicted octanol–water partition coefficient (Wildman–Crippen LogP) is 1.69. The van der Waals surface area contributed by atoms with Gasteiger partial charge in [0.1, 0.15) is 0 Å². The molecule has 14 heavy (non-hydrogen) atoms. The second-order valence-electron chi connectivity index (χ2n) is 3.43. The van der Waals surface area contributed by atoms with Crippen LogP contribution in [0.4, 0.5) is 0 Å². The largest absolute Gasteiger partial charge is 0.275 e. The number of hydrogen-bond donors (Lipinski definition) is 0. The summed E-state index contributed by atoms with van der Waals surface area (Å²) in [6.45, 7) is 3.59. The van der Waals surface area contributed by atoms with Crippen LogP contribution < -0.4 is 0 Å². The molecular weight excluding hydrogens is 182 g/mol. The maximum Gasteiger partial charge on any atom is 0.249 e. The van der Waals surface area contributed by atoms with Crippen LogP contribution in [0.2, 0.25) is 0 Å². The average molecular weight is 195 g/mol. The first kappa shape index (κ1) is 10.4. The van der Waals surface area contributed by atoms with Crippen LogP contribution in [0.25, 0.3) is 6.08 Å². The van der Waals surface area contributed by atoms with E-state index in [0.717, 1.165) is 5.56 Å². The van der Waals surface area contributed by atoms with E-state index >= 15 is 0 Å². The van der Waals surface area contributed by atoms with Gasteiger partial charge in [-0.05, 0) is 0 Å². The molecule has 0 fully saturated rings. The van der Waals surface area contributed by atoms with Crippen molar-refractivity contribution in [3.63, 3.8) is 0 Å². The zero-order valence-electron chi connectivity index (χ0n) is 8.47. The van der Waals surface area contributed by atoms with Gasteiger partial charge >= 0.3 is 0 Å². The van der Waals surface area contributed by atoms with Gasteiger partial charge in [-0.2, -0.15) is 5.10 Å². The van der Waals surface area contributed by atoms with Gasteiger partial charge in [0.15, 0.2) is 0 Å². The first-order valence-electron chi connectivity index (χ1n) is 4.35. The van der Waals surface area contributed by atoms with Gasteiger partial charge in [-0.25, -0.2) is 0 Å². The first-order chi connectivity index (χ1) is 6.50. The Morgan fingerprint density at radius 1 is 1.71 bits per heavy atom. The molecule has 5 nitrogen and oxygen atoms in total. The van der Waals surface area contributed by atoms with Crippen LogP contribution >= 0.6 is 0 Å². The van der Waals surface area contributed by atoms with E-state index in [1.165, 1.54) is 0 Å². The standard InChI is InChI=1S/C9H13N3O2/c1-7(2)9(12(13)14)4-8-5-10-11(3)6-8/h4-7H,1-3H3. The van der Waals surface area contributed by atoms with E-state index in [0.29, 0.717) is 0 Å². The first-order valence-corrected chi connectivity index (χ1v) is 4.35. The molecule has 0 saturated heterocycles. The molecule has 1 aromatic rings. The monoisotopic (exact) mass is 195 g/mol. The molecule has 0 aliphatic carbocycles. The second-order valence-corrected chi connectivity index (χ2v) is 3.43. The van der Waals surface area contributed by atoms with Crippen molar-refractivity contribution in [1.82, 2.24) is 9.78 Å². The molecule has 1 heterocycles. The third-order valence-corrected chi connectivity index (χ3v) is 1.84. The van der Waals surface area contributed by atoms with Crippen molar-refractivity contribution >= 4 is 6.08 Å². The summed E-state index contributed by atoms with van der Waals surface area (Å²) in [5, 5.41) is 14.6. The molecule has 0 atom stereocenters. The van der Waals surface area contributed by atoms with Crippen LogP contribution in [0.15, 0.2) is 18.1 Å². The molecule has 0 aliphatic heterocycles. The molecule has 0 bridgehead atoms. The van der Waals surface area contributed by atoms with E-state index in [2.05, 4.69) is 5.10 Å². The van der Waals surface area contributed by atoms with Crippen LogP contribution in [0.5, 0.6) is 0 Å². The normalized spacial score (nSPS) is 12.1. The fourth-order valence-electron chi connectivity index (χ4n) is 1.12. The molecule has 0 radical (unpaired) electrons. The van der Waals surface area contributed by atoms with Crippen LogP contribution in [0.3, 0.4) is 0 Å². The SMILES string of the molecule is CC(C)C(=Cc1cnn(C)c1)[N+](=O)[O-]. The topological polar surface area (TPSA) is 61.0 Å². The Kier molecular flexibility index (Phi) is 3.01. The van der Waals surface area contributed by atoms with Crippen molar-refractivity contribution < 1.29 is 4.92 Å². The fraction of sp³-hybridized carbons (Fsp3) is 0.444. The van der Waals surface area contributed by atoms with Gasteiger partial charge in [-0.15, -0.1) is 0 Å². The molecule has 1 rings (SSSR count). The summed E-state index contributed by atoms with van der Waals surface area (Å²) in [7, 11) is 1.78. The lowest BCUT2D eigenvalue weighted by molar-refractivity contribution is -0.431. The number of allylic oxidation sites excluding steroid dienone is 1. The third-order valence-electron chi connectivity index (χ3n) is 1.84. The quantitative estimate of drug-likeness (QED) is 0.544. The highest BCUT2D eigenvalue weighted by molar-refractivity contribution is 5.49. The van der Waals surface area contributed by atoms with Gasteiger partial charge in [0.2, 0.25) is 5.70 Å². The van der Waals surface area contributed by atoms with Crippen LogP contribution in [-0.2, 0) is 7.05 Å². The molecular formula is C9H13N3O2. The minimum Gasteiger partial charge on any atom is -0.275 e. The van der Waals surface area contributed by atoms with Gasteiger partial charge in [0.25, 0.3) is 0 Å². The zero-order chi connectivity index (χ0) is 10.7. The molecule has 1 aromatic heterocycles. The molecule has 0 aliphatic rings. The number of aryl methyl sites for hydroxylation is 1. The minimum atomic E-state index is -0.350. The number of hydrogen-bond acceptors (Lipinski definition) is 3. The van der Waals surface area contributed by atoms with E-state index in [1.807, 2.05) is 0 Å². The molecule has 5 heteroatoms. The summed E-state index contributed by atoms with van der Waals surface area (Å²) in [5.41, 5.74) is 0.964. The highest BCUT2D eigenvalue weighted by Crippen LogP contribution is 2.14. The van der Waals surface area contributed by atoms with Crippen molar-refractivity contribution in [2.75, 3.05) is 0 Å². The summed E-state index contributed by atoms with van der Waals surface area (Å²) in [6, 6.07) is 0. The van der Waals surface area contributed by atoms with Crippen LogP contribution in [0, 0.1) is 16.0 Å². The second kappa shape index (κ2) is 4.04. The number of rotatable bonds is 3. The van der Waals surface area contributed by atoms with Crippen LogP contribution in [-0.4, -0.2) is 14.7 Å². The number of aromatic nitrogens is 2. The third kappa shape index (κ3) is 2.42. The van der Waals surface area contributed by atoms with Gasteiger partial charge in [0, 0.05) is 30.8 Å². The van der Waals surface area contributed by atoms with E-state index in [1.54, 1.807) is 44.0 Å². The number of nitro groups is 1. The maximum absolute atomic E-state index is 10.7. The van der Waals surface area contributed by atoms with Crippen LogP contribution in [0.1, 0.15) is 19.4 Å². The van der Waals surface area contributed by atoms with E-state index in [9.17, 15) is 10.1 Å². The Morgan fingerprint density at radius 2 is 2.36 bits per heavy atom. The molecule has 0 spiro atoms. The van der Waals surface area contributed by atoms with Gasteiger partial charge in [-0.3, -0.25) is 14.8 Å². The highest BCUT2D eigenvalue weighted by Gasteiger charge is 2.15. The zero-order valence-corrected chi connectivity index (χ0v) is 8.47. The Balaban J connectivity index is 2.99. The summed E-state index contributed by atoms with van der Waals surface area (Å²) in [5.74, 6) is -0.0924. The summed E-state index contributed by atoms with van der Waals surface area (Å²) < 4.78 is 1.61. The molecule has 76 valence electrons. The van der Waals surface area contributed by atoms with Gasteiger partial charge in [-0.1, -0.05) is 13.8 Å². The van der Waals surface area contributed by atoms with E-state index < -0.39 is 0 Å². The Bertz CT molecular complexity index is 366. The Morgan fingerprint density at radius 3 is 2.71 bits per heavy atom. The van der Waals surface area contributed by atoms with Gasteiger partial charge < -0.3 is 0 Å². The van der Waals surface area contributed by atoms with Gasteiger partial charge in [0.05, 0.1) is 11.1 Å². The minimum absolute atomic E-state index is 0.0924. The Hall–Kier alpha value is -1.65. The average Bonchev–Trinajstić information content (AvgIpc) is 2.46. The lowest BCUT2D eigenvalue weighted by Crippen LogP contribution is -2.05. The van der Waals surface area contributed by atoms with Crippen molar-refractivity contribution in [2.24, 2.45) is 13.0 Å². The molecule has 0 amide bonds. The highest BCUT2D eigenvalue weighted by atomic mass is 16.6. The molecule has 0 N–H and O–H groups in total. The Labute approximate surface area is 82.2 Å². The lowest BCUT2D eigenvalue weighted by atomic mass is 10.1. The maximum atomic E-state index is 10.7. The summed E-state index contributed by atoms with van der Waals surface area (Å²) in [4.78, 5) is 10.3. The molecule has 0 aromatic carbocycles. The van der Waals surface area contributed by atoms with E-state index in [4.69, 9.17) is 0 Å². The lowest BCUT2D eigenvalue weighted by Gasteiger charge is -1.99. The van der Waals surface area contributed by atoms with E-state index in [-0.39, 0.29) is 16.5 Å². The van der Waals surface area contributed by atoms with Crippen molar-refractivity contribution in [1.29, 1.82) is 0 Å². The fourth-order valence-corrected chi connectivity index (χ4v) is 1.12. The molecule has 0 unspecified atom stereocenters. The predicted molar refractivity (Wildman–Crippen MR) is 53.0 cm³/mol. The summed E-state index contributed by atoms with van der Waals surface area (Å²) in [6.07, 6.45) is 4.90. The van der Waals surface area contributed by atoms with Crippen molar-refractivity contribution in [3.05, 3.63) is 33.8 Å². The smallest absolute Gasteiger partial charge is 0.249 e.